The number of ether oxygens (including phenoxy) is 5. The van der Waals surface area contributed by atoms with Crippen LogP contribution in [0.5, 0.6) is 0 Å². The molecule has 412 valence electrons. The number of unbranched alkanes of at least 4 members (excludes halogenated alkanes) is 18. The molecule has 0 amide bonds. The van der Waals surface area contributed by atoms with Crippen LogP contribution in [0.25, 0.3) is 0 Å². The molecule has 1 fully saturated rings. The topological polar surface area (TPSA) is 66.5 Å². The summed E-state index contributed by atoms with van der Waals surface area (Å²) in [6.45, 7) is 9.40. The van der Waals surface area contributed by atoms with Gasteiger partial charge >= 0.3 is 5.97 Å². The first-order valence-electron chi connectivity index (χ1n) is 29.7. The highest BCUT2D eigenvalue weighted by Crippen LogP contribution is 2.29. The highest BCUT2D eigenvalue weighted by atomic mass is 16.7. The zero-order valence-corrected chi connectivity index (χ0v) is 47.3. The lowest BCUT2D eigenvalue weighted by molar-refractivity contribution is -0.184. The van der Waals surface area contributed by atoms with Gasteiger partial charge in [0.25, 0.3) is 0 Å². The van der Waals surface area contributed by atoms with Crippen LogP contribution >= 0.6 is 0 Å². The molecule has 7 nitrogen and oxygen atoms in total. The van der Waals surface area contributed by atoms with Gasteiger partial charge in [-0.3, -0.25) is 4.79 Å². The van der Waals surface area contributed by atoms with Crippen molar-refractivity contribution in [2.45, 2.75) is 251 Å². The molecule has 0 spiro atoms. The lowest BCUT2D eigenvalue weighted by Gasteiger charge is -2.25. The Morgan fingerprint density at radius 3 is 1.12 bits per heavy atom. The zero-order chi connectivity index (χ0) is 51.9. The van der Waals surface area contributed by atoms with Gasteiger partial charge in [-0.05, 0) is 143 Å². The third-order valence-electron chi connectivity index (χ3n) is 12.7. The predicted molar refractivity (Wildman–Crippen MR) is 311 cm³/mol. The Morgan fingerprint density at radius 2 is 0.736 bits per heavy atom. The van der Waals surface area contributed by atoms with Crippen molar-refractivity contribution in [3.8, 4) is 0 Å². The Labute approximate surface area is 444 Å². The summed E-state index contributed by atoms with van der Waals surface area (Å²) in [5.41, 5.74) is 0. The predicted octanol–water partition coefficient (Wildman–Crippen LogP) is 18.2. The zero-order valence-electron chi connectivity index (χ0n) is 47.3. The summed E-state index contributed by atoms with van der Waals surface area (Å²) in [5, 5.41) is 0. The standard InChI is InChI=1S/C65H111NO6/c1-6-9-12-15-18-21-24-27-30-33-36-39-42-45-48-51-57-68-63-61(60-71-62(67)55-54-56-66(4)5)72-65(70-59-53-50-47-44-41-38-35-32-29-26-23-20-17-14-11-8-3)64(63)69-58-52-49-46-43-40-37-34-31-28-25-22-19-16-13-10-7-2/h9-14,18-23,27-32,61,63-65H,6-8,15-17,24-26,33-60H2,1-5H3/b12-9-,13-10-,14-11-,21-18-,22-19-,23-20-,30-27-,31-28-,32-29-/t61-,63?,64+,65-/m1/s1. The van der Waals surface area contributed by atoms with E-state index in [-0.39, 0.29) is 24.8 Å². The van der Waals surface area contributed by atoms with Crippen LogP contribution < -0.4 is 0 Å². The maximum absolute atomic E-state index is 12.8. The van der Waals surface area contributed by atoms with Crippen molar-refractivity contribution in [1.82, 2.24) is 4.90 Å². The SMILES string of the molecule is CC/C=C\C/C=C\C/C=C\CCCCCCCCOC1[C@@H](COC(=O)CCCN(C)C)O[C@@H](OCCCCCCCC/C=C\C/C=C\C/C=C\CC)[C@H]1OCCCCCCCC/C=C\C/C=C\C/C=C\CC. The van der Waals surface area contributed by atoms with E-state index in [1.807, 2.05) is 14.1 Å². The minimum absolute atomic E-state index is 0.150. The fourth-order valence-electron chi connectivity index (χ4n) is 8.46. The van der Waals surface area contributed by atoms with E-state index in [1.54, 1.807) is 0 Å². The summed E-state index contributed by atoms with van der Waals surface area (Å²) in [6.07, 6.45) is 74.5. The van der Waals surface area contributed by atoms with Crippen molar-refractivity contribution >= 4 is 5.97 Å². The monoisotopic (exact) mass is 1000 g/mol. The molecule has 1 rings (SSSR count). The molecule has 1 unspecified atom stereocenters. The molecule has 0 saturated carbocycles. The Bertz CT molecular complexity index is 1450. The van der Waals surface area contributed by atoms with E-state index in [0.717, 1.165) is 129 Å². The fourth-order valence-corrected chi connectivity index (χ4v) is 8.46. The molecule has 4 atom stereocenters. The second-order valence-corrected chi connectivity index (χ2v) is 19.8. The average Bonchev–Trinajstić information content (AvgIpc) is 3.70. The number of hydrogen-bond donors (Lipinski definition) is 0. The van der Waals surface area contributed by atoms with E-state index in [2.05, 4.69) is 135 Å². The summed E-state index contributed by atoms with van der Waals surface area (Å²) in [7, 11) is 4.05. The second kappa shape index (κ2) is 54.2. The Morgan fingerprint density at radius 1 is 0.403 bits per heavy atom. The maximum Gasteiger partial charge on any atom is 0.305 e. The Hall–Kier alpha value is -3.07. The summed E-state index contributed by atoms with van der Waals surface area (Å²) in [5.74, 6) is -0.192. The minimum Gasteiger partial charge on any atom is -0.463 e. The third-order valence-corrected chi connectivity index (χ3v) is 12.7. The number of nitrogens with zero attached hydrogens (tertiary/aromatic N) is 1. The number of carbonyl (C=O) groups is 1. The van der Waals surface area contributed by atoms with Crippen molar-refractivity contribution in [3.05, 3.63) is 109 Å². The van der Waals surface area contributed by atoms with Crippen molar-refractivity contribution in [3.63, 3.8) is 0 Å². The fraction of sp³-hybridized carbons (Fsp3) is 0.708. The van der Waals surface area contributed by atoms with E-state index >= 15 is 0 Å². The van der Waals surface area contributed by atoms with Crippen LogP contribution in [0.15, 0.2) is 109 Å². The van der Waals surface area contributed by atoms with Gasteiger partial charge in [0.15, 0.2) is 6.29 Å². The van der Waals surface area contributed by atoms with Crippen molar-refractivity contribution in [2.75, 3.05) is 47.1 Å². The third kappa shape index (κ3) is 44.4. The van der Waals surface area contributed by atoms with Crippen molar-refractivity contribution < 1.29 is 28.5 Å². The van der Waals surface area contributed by atoms with Crippen LogP contribution in [-0.4, -0.2) is 82.5 Å². The smallest absolute Gasteiger partial charge is 0.305 e. The quantitative estimate of drug-likeness (QED) is 0.0342. The van der Waals surface area contributed by atoms with Crippen molar-refractivity contribution in [2.24, 2.45) is 0 Å². The molecule has 1 heterocycles. The maximum atomic E-state index is 12.8. The summed E-state index contributed by atoms with van der Waals surface area (Å²) in [4.78, 5) is 14.9. The van der Waals surface area contributed by atoms with E-state index in [0.29, 0.717) is 26.2 Å². The molecule has 0 aromatic heterocycles. The Kier molecular flexibility index (Phi) is 50.4. The van der Waals surface area contributed by atoms with Crippen LogP contribution in [0.1, 0.15) is 226 Å². The van der Waals surface area contributed by atoms with Gasteiger partial charge in [0, 0.05) is 26.2 Å². The Balaban J connectivity index is 2.69. The molecule has 0 N–H and O–H groups in total. The molecule has 0 bridgehead atoms. The number of hydrogen-bond acceptors (Lipinski definition) is 7. The van der Waals surface area contributed by atoms with Gasteiger partial charge in [0.1, 0.15) is 24.9 Å². The van der Waals surface area contributed by atoms with Gasteiger partial charge < -0.3 is 28.6 Å². The van der Waals surface area contributed by atoms with Crippen LogP contribution in [-0.2, 0) is 28.5 Å². The normalized spacial score (nSPS) is 18.0. The first-order valence-corrected chi connectivity index (χ1v) is 29.7. The van der Waals surface area contributed by atoms with Gasteiger partial charge in [0.05, 0.1) is 0 Å². The van der Waals surface area contributed by atoms with E-state index in [1.165, 1.54) is 77.0 Å². The first kappa shape index (κ1) is 66.9. The molecular formula is C65H111NO6. The largest absolute Gasteiger partial charge is 0.463 e. The van der Waals surface area contributed by atoms with Crippen LogP contribution in [0, 0.1) is 0 Å². The first-order chi connectivity index (χ1) is 35.5. The molecule has 1 aliphatic heterocycles. The molecule has 0 aromatic rings. The molecule has 0 radical (unpaired) electrons. The summed E-state index contributed by atoms with van der Waals surface area (Å²) < 4.78 is 32.3. The lowest BCUT2D eigenvalue weighted by atomic mass is 10.1. The van der Waals surface area contributed by atoms with E-state index < -0.39 is 12.4 Å². The van der Waals surface area contributed by atoms with Gasteiger partial charge in [0.2, 0.25) is 0 Å². The number of esters is 1. The number of carbonyl (C=O) groups excluding carboxylic acids is 1. The van der Waals surface area contributed by atoms with Gasteiger partial charge in [-0.1, -0.05) is 207 Å². The number of rotatable bonds is 51. The molecule has 1 saturated heterocycles. The van der Waals surface area contributed by atoms with E-state index in [9.17, 15) is 4.79 Å². The second-order valence-electron chi connectivity index (χ2n) is 19.8. The van der Waals surface area contributed by atoms with Gasteiger partial charge in [-0.25, -0.2) is 0 Å². The highest BCUT2D eigenvalue weighted by molar-refractivity contribution is 5.69. The number of allylic oxidation sites excluding steroid dienone is 18. The lowest BCUT2D eigenvalue weighted by Crippen LogP contribution is -2.40. The van der Waals surface area contributed by atoms with Gasteiger partial charge in [-0.2, -0.15) is 0 Å². The summed E-state index contributed by atoms with van der Waals surface area (Å²) in [6, 6.07) is 0. The molecule has 72 heavy (non-hydrogen) atoms. The molecule has 1 aliphatic rings. The molecule has 7 heteroatoms. The summed E-state index contributed by atoms with van der Waals surface area (Å²) >= 11 is 0. The molecule has 0 aliphatic carbocycles. The van der Waals surface area contributed by atoms with Crippen molar-refractivity contribution in [1.29, 1.82) is 0 Å². The van der Waals surface area contributed by atoms with Crippen LogP contribution in [0.4, 0.5) is 0 Å². The average molecular weight is 1000 g/mol. The molecule has 0 aromatic carbocycles. The van der Waals surface area contributed by atoms with E-state index in [4.69, 9.17) is 23.7 Å². The van der Waals surface area contributed by atoms with Crippen LogP contribution in [0.3, 0.4) is 0 Å². The van der Waals surface area contributed by atoms with Crippen LogP contribution in [0.2, 0.25) is 0 Å². The van der Waals surface area contributed by atoms with Gasteiger partial charge in [-0.15, -0.1) is 0 Å². The molecular weight excluding hydrogens is 891 g/mol. The minimum atomic E-state index is -0.545. The highest BCUT2D eigenvalue weighted by Gasteiger charge is 2.47.